The number of hydrogen-bond acceptors (Lipinski definition) is 2. The molecule has 0 aliphatic carbocycles. The van der Waals surface area contributed by atoms with Crippen LogP contribution in [-0.4, -0.2) is 9.78 Å². The molecule has 0 saturated heterocycles. The van der Waals surface area contributed by atoms with E-state index in [2.05, 4.69) is 26.3 Å². The van der Waals surface area contributed by atoms with Crippen LogP contribution >= 0.6 is 15.9 Å². The Bertz CT molecular complexity index is 625. The summed E-state index contributed by atoms with van der Waals surface area (Å²) >= 11 is 3.36. The van der Waals surface area contributed by atoms with Gasteiger partial charge in [-0.1, -0.05) is 0 Å². The molecule has 2 aromatic rings. The molecular formula is C12H11BrF3N3. The fourth-order valence-corrected chi connectivity index (χ4v) is 2.21. The number of aryl methyl sites for hydroxylation is 2. The van der Waals surface area contributed by atoms with Crippen LogP contribution in [0.1, 0.15) is 11.4 Å². The molecular weight excluding hydrogens is 323 g/mol. The SMILES string of the molecule is Cc1nn(C)c(CNc2cc(F)cc(F)c2F)c1Br. The first kappa shape index (κ1) is 13.9. The molecule has 0 fully saturated rings. The minimum atomic E-state index is -1.22. The summed E-state index contributed by atoms with van der Waals surface area (Å²) in [5, 5.41) is 6.83. The Balaban J connectivity index is 2.24. The van der Waals surface area contributed by atoms with Gasteiger partial charge in [-0.05, 0) is 22.9 Å². The van der Waals surface area contributed by atoms with Gasteiger partial charge in [-0.15, -0.1) is 0 Å². The molecule has 0 saturated carbocycles. The van der Waals surface area contributed by atoms with Gasteiger partial charge in [-0.25, -0.2) is 13.2 Å². The van der Waals surface area contributed by atoms with Gasteiger partial charge in [0.05, 0.1) is 28.1 Å². The maximum Gasteiger partial charge on any atom is 0.182 e. The lowest BCUT2D eigenvalue weighted by molar-refractivity contribution is 0.497. The van der Waals surface area contributed by atoms with Crippen LogP contribution in [0, 0.1) is 24.4 Å². The molecule has 1 N–H and O–H groups in total. The van der Waals surface area contributed by atoms with E-state index in [0.29, 0.717) is 6.07 Å². The van der Waals surface area contributed by atoms with Crippen molar-refractivity contribution in [2.45, 2.75) is 13.5 Å². The summed E-state index contributed by atoms with van der Waals surface area (Å²) in [5.74, 6) is -3.15. The quantitative estimate of drug-likeness (QED) is 0.871. The zero-order chi connectivity index (χ0) is 14.2. The molecule has 0 radical (unpaired) electrons. The first-order valence-electron chi connectivity index (χ1n) is 5.46. The molecule has 0 spiro atoms. The highest BCUT2D eigenvalue weighted by Gasteiger charge is 2.14. The van der Waals surface area contributed by atoms with Crippen molar-refractivity contribution in [3.05, 3.63) is 45.4 Å². The van der Waals surface area contributed by atoms with Crippen molar-refractivity contribution < 1.29 is 13.2 Å². The Morgan fingerprint density at radius 2 is 2.00 bits per heavy atom. The van der Waals surface area contributed by atoms with Gasteiger partial charge in [0.25, 0.3) is 0 Å². The van der Waals surface area contributed by atoms with E-state index in [-0.39, 0.29) is 12.2 Å². The number of halogens is 4. The second kappa shape index (κ2) is 5.24. The molecule has 0 unspecified atom stereocenters. The van der Waals surface area contributed by atoms with Crippen molar-refractivity contribution in [2.75, 3.05) is 5.32 Å². The highest BCUT2D eigenvalue weighted by Crippen LogP contribution is 2.23. The summed E-state index contributed by atoms with van der Waals surface area (Å²) in [5.41, 5.74) is 1.31. The van der Waals surface area contributed by atoms with Gasteiger partial charge < -0.3 is 5.32 Å². The average molecular weight is 334 g/mol. The number of aromatic nitrogens is 2. The van der Waals surface area contributed by atoms with Crippen LogP contribution in [0.25, 0.3) is 0 Å². The van der Waals surface area contributed by atoms with Crippen molar-refractivity contribution in [2.24, 2.45) is 7.05 Å². The van der Waals surface area contributed by atoms with Crippen LogP contribution in [-0.2, 0) is 13.6 Å². The maximum absolute atomic E-state index is 13.5. The minimum absolute atomic E-state index is 0.192. The van der Waals surface area contributed by atoms with Gasteiger partial charge in [0.2, 0.25) is 0 Å². The Morgan fingerprint density at radius 3 is 2.58 bits per heavy atom. The molecule has 1 heterocycles. The van der Waals surface area contributed by atoms with E-state index in [1.807, 2.05) is 6.92 Å². The van der Waals surface area contributed by atoms with Crippen molar-refractivity contribution in [3.63, 3.8) is 0 Å². The van der Waals surface area contributed by atoms with Gasteiger partial charge in [0.15, 0.2) is 11.6 Å². The number of benzene rings is 1. The molecule has 0 aliphatic heterocycles. The molecule has 2 rings (SSSR count). The highest BCUT2D eigenvalue weighted by molar-refractivity contribution is 9.10. The summed E-state index contributed by atoms with van der Waals surface area (Å²) in [7, 11) is 1.73. The molecule has 0 aliphatic rings. The third kappa shape index (κ3) is 2.75. The number of hydrogen-bond donors (Lipinski definition) is 1. The smallest absolute Gasteiger partial charge is 0.182 e. The third-order valence-electron chi connectivity index (χ3n) is 2.70. The number of rotatable bonds is 3. The lowest BCUT2D eigenvalue weighted by Gasteiger charge is -2.09. The van der Waals surface area contributed by atoms with Crippen LogP contribution in [0.4, 0.5) is 18.9 Å². The maximum atomic E-state index is 13.5. The van der Waals surface area contributed by atoms with Crippen LogP contribution in [0.3, 0.4) is 0 Å². The summed E-state index contributed by atoms with van der Waals surface area (Å²) in [6.45, 7) is 2.01. The monoisotopic (exact) mass is 333 g/mol. The first-order chi connectivity index (χ1) is 8.90. The van der Waals surface area contributed by atoms with Crippen molar-refractivity contribution >= 4 is 21.6 Å². The average Bonchev–Trinajstić information content (AvgIpc) is 2.57. The van der Waals surface area contributed by atoms with E-state index in [0.717, 1.165) is 21.9 Å². The zero-order valence-electron chi connectivity index (χ0n) is 10.3. The normalized spacial score (nSPS) is 10.8. The summed E-state index contributed by atoms with van der Waals surface area (Å²) in [6.07, 6.45) is 0. The van der Waals surface area contributed by atoms with Gasteiger partial charge in [-0.2, -0.15) is 5.10 Å². The highest BCUT2D eigenvalue weighted by atomic mass is 79.9. The summed E-state index contributed by atoms with van der Waals surface area (Å²) in [4.78, 5) is 0. The second-order valence-electron chi connectivity index (χ2n) is 4.07. The van der Waals surface area contributed by atoms with E-state index < -0.39 is 17.5 Å². The number of anilines is 1. The predicted octanol–water partition coefficient (Wildman–Crippen LogP) is 3.52. The Kier molecular flexibility index (Phi) is 3.84. The molecule has 1 aromatic carbocycles. The predicted molar refractivity (Wildman–Crippen MR) is 69.3 cm³/mol. The molecule has 7 heteroatoms. The molecule has 102 valence electrons. The van der Waals surface area contributed by atoms with Gasteiger partial charge in [-0.3, -0.25) is 4.68 Å². The molecule has 0 amide bonds. The van der Waals surface area contributed by atoms with Gasteiger partial charge in [0, 0.05) is 19.2 Å². The van der Waals surface area contributed by atoms with Crippen LogP contribution in [0.2, 0.25) is 0 Å². The van der Waals surface area contributed by atoms with Crippen molar-refractivity contribution in [3.8, 4) is 0 Å². The summed E-state index contributed by atoms with van der Waals surface area (Å²) in [6, 6.07) is 1.42. The van der Waals surface area contributed by atoms with Gasteiger partial charge >= 0.3 is 0 Å². The number of nitrogens with zero attached hydrogens (tertiary/aromatic N) is 2. The topological polar surface area (TPSA) is 29.9 Å². The molecule has 0 bridgehead atoms. The van der Waals surface area contributed by atoms with Crippen molar-refractivity contribution in [1.29, 1.82) is 0 Å². The standard InChI is InChI=1S/C12H11BrF3N3/c1-6-11(13)10(19(2)18-6)5-17-9-4-7(14)3-8(15)12(9)16/h3-4,17H,5H2,1-2H3. The fourth-order valence-electron chi connectivity index (χ4n) is 1.74. The molecule has 0 atom stereocenters. The molecule has 3 nitrogen and oxygen atoms in total. The summed E-state index contributed by atoms with van der Waals surface area (Å²) < 4.78 is 41.9. The molecule has 1 aromatic heterocycles. The fraction of sp³-hybridized carbons (Fsp3) is 0.250. The molecule has 19 heavy (non-hydrogen) atoms. The zero-order valence-corrected chi connectivity index (χ0v) is 11.9. The van der Waals surface area contributed by atoms with E-state index >= 15 is 0 Å². The Hall–Kier alpha value is -1.50. The van der Waals surface area contributed by atoms with E-state index in [1.165, 1.54) is 0 Å². The largest absolute Gasteiger partial charge is 0.377 e. The lowest BCUT2D eigenvalue weighted by Crippen LogP contribution is -2.08. The van der Waals surface area contributed by atoms with Crippen molar-refractivity contribution in [1.82, 2.24) is 9.78 Å². The van der Waals surface area contributed by atoms with Crippen LogP contribution in [0.15, 0.2) is 16.6 Å². The lowest BCUT2D eigenvalue weighted by atomic mass is 10.2. The van der Waals surface area contributed by atoms with Crippen LogP contribution < -0.4 is 5.32 Å². The third-order valence-corrected chi connectivity index (χ3v) is 3.73. The van der Waals surface area contributed by atoms with E-state index in [4.69, 9.17) is 0 Å². The second-order valence-corrected chi connectivity index (χ2v) is 4.87. The Labute approximate surface area is 116 Å². The van der Waals surface area contributed by atoms with E-state index in [9.17, 15) is 13.2 Å². The van der Waals surface area contributed by atoms with E-state index in [1.54, 1.807) is 11.7 Å². The van der Waals surface area contributed by atoms with Crippen LogP contribution in [0.5, 0.6) is 0 Å². The number of nitrogens with one attached hydrogen (secondary N) is 1. The van der Waals surface area contributed by atoms with Gasteiger partial charge in [0.1, 0.15) is 5.82 Å². The Morgan fingerprint density at radius 1 is 1.32 bits per heavy atom. The minimum Gasteiger partial charge on any atom is -0.377 e. The first-order valence-corrected chi connectivity index (χ1v) is 6.26.